The van der Waals surface area contributed by atoms with Crippen LogP contribution in [0.2, 0.25) is 0 Å². The van der Waals surface area contributed by atoms with Crippen LogP contribution in [0.4, 0.5) is 0 Å². The number of hydrogen-bond acceptors (Lipinski definition) is 7. The smallest absolute Gasteiger partial charge is 0.238 e. The van der Waals surface area contributed by atoms with Crippen LogP contribution in [0.3, 0.4) is 0 Å². The fourth-order valence-corrected chi connectivity index (χ4v) is 19.1. The Balaban J connectivity index is 0.657. The zero-order chi connectivity index (χ0) is 73.9. The lowest BCUT2D eigenvalue weighted by atomic mass is 9.93. The van der Waals surface area contributed by atoms with E-state index in [4.69, 9.17) is 29.9 Å². The summed E-state index contributed by atoms with van der Waals surface area (Å²) in [6.07, 6.45) is 0. The van der Waals surface area contributed by atoms with E-state index in [1.54, 1.807) is 0 Å². The minimum Gasteiger partial charge on any atom is -0.309 e. The Morgan fingerprint density at radius 1 is 0.186 bits per heavy atom. The van der Waals surface area contributed by atoms with E-state index in [9.17, 15) is 0 Å². The summed E-state index contributed by atoms with van der Waals surface area (Å²) in [5.41, 5.74) is 18.3. The summed E-state index contributed by atoms with van der Waals surface area (Å²) in [5.74, 6) is 3.37. The first-order valence-corrected chi connectivity index (χ1v) is 39.0. The lowest BCUT2D eigenvalue weighted by molar-refractivity contribution is 0.953. The maximum atomic E-state index is 5.68. The molecule has 0 amide bonds. The average Bonchev–Trinajstić information content (AvgIpc) is 1.53. The molecule has 524 valence electrons. The summed E-state index contributed by atoms with van der Waals surface area (Å²) in [7, 11) is 0. The molecule has 17 aromatic carbocycles. The van der Waals surface area contributed by atoms with Crippen LogP contribution in [0.5, 0.6) is 0 Å². The Kier molecular flexibility index (Phi) is 13.8. The number of fused-ring (bicyclic) bond motifs is 22. The summed E-state index contributed by atoms with van der Waals surface area (Å²) < 4.78 is 12.1. The Morgan fingerprint density at radius 2 is 0.584 bits per heavy atom. The van der Waals surface area contributed by atoms with E-state index in [0.717, 1.165) is 122 Å². The highest BCUT2D eigenvalue weighted by Crippen LogP contribution is 2.48. The topological polar surface area (TPSA) is 97.1 Å². The molecule has 0 aliphatic heterocycles. The molecule has 24 aromatic rings. The number of nitrogens with zero attached hydrogens (tertiary/aromatic N) is 10. The first-order valence-electron chi connectivity index (χ1n) is 38.1. The van der Waals surface area contributed by atoms with E-state index in [-0.39, 0.29) is 0 Å². The quantitative estimate of drug-likeness (QED) is 0.127. The van der Waals surface area contributed by atoms with Gasteiger partial charge >= 0.3 is 0 Å². The zero-order valence-electron chi connectivity index (χ0n) is 60.5. The maximum Gasteiger partial charge on any atom is 0.238 e. The Morgan fingerprint density at radius 3 is 1.19 bits per heavy atom. The minimum absolute atomic E-state index is 0.502. The van der Waals surface area contributed by atoms with Crippen molar-refractivity contribution in [1.29, 1.82) is 0 Å². The monoisotopic (exact) mass is 1460 g/mol. The third kappa shape index (κ3) is 9.72. The Labute approximate surface area is 649 Å². The van der Waals surface area contributed by atoms with E-state index < -0.39 is 0 Å². The summed E-state index contributed by atoms with van der Waals surface area (Å²) in [5, 5.41) is 18.9. The zero-order valence-corrected chi connectivity index (χ0v) is 61.3. The highest BCUT2D eigenvalue weighted by Gasteiger charge is 2.27. The second kappa shape index (κ2) is 24.7. The normalized spacial score (nSPS) is 12.1. The second-order valence-corrected chi connectivity index (χ2v) is 30.3. The van der Waals surface area contributed by atoms with Crippen molar-refractivity contribution in [2.75, 3.05) is 0 Å². The molecular formula is C102H60N10S. The SMILES string of the molecule is c1ccc(-c2nc(-c3ccc(-c4cccc5c4c4ccc6c7ccccc7n(-c7ccccc7)c6c4n5-c4nc(-c5ccccc5)nc(-c5ccc6c7ccccc7c7ccccc7c6c5)n4)cc3)nc(-c3ccc(-n4c5ccccc5c5cc6c7ccccc7n(-c7ccc8sc9ccccc9c8c7)c6cc54)cc3)n2)cc1. The predicted molar refractivity (Wildman–Crippen MR) is 469 cm³/mol. The van der Waals surface area contributed by atoms with Gasteiger partial charge in [0.05, 0.1) is 44.1 Å². The maximum absolute atomic E-state index is 5.68. The molecule has 0 aliphatic carbocycles. The van der Waals surface area contributed by atoms with Gasteiger partial charge in [-0.3, -0.25) is 4.57 Å². The molecule has 7 heterocycles. The molecule has 0 N–H and O–H groups in total. The van der Waals surface area contributed by atoms with Crippen LogP contribution < -0.4 is 0 Å². The van der Waals surface area contributed by atoms with Crippen LogP contribution in [-0.4, -0.2) is 48.2 Å². The molecule has 113 heavy (non-hydrogen) atoms. The minimum atomic E-state index is 0.502. The molecule has 7 aromatic heterocycles. The number of aromatic nitrogens is 10. The van der Waals surface area contributed by atoms with Crippen molar-refractivity contribution in [2.24, 2.45) is 0 Å². The van der Waals surface area contributed by atoms with Crippen molar-refractivity contribution >= 4 is 151 Å². The van der Waals surface area contributed by atoms with Gasteiger partial charge in [-0.05, 0) is 147 Å². The molecule has 0 atom stereocenters. The van der Waals surface area contributed by atoms with Crippen molar-refractivity contribution in [1.82, 2.24) is 48.2 Å². The molecule has 0 unspecified atom stereocenters. The van der Waals surface area contributed by atoms with E-state index in [2.05, 4.69) is 346 Å². The van der Waals surface area contributed by atoms with E-state index in [0.29, 0.717) is 35.1 Å². The molecule has 11 heteroatoms. The molecule has 0 radical (unpaired) electrons. The fraction of sp³-hybridized carbons (Fsp3) is 0. The number of thiophene rings is 1. The van der Waals surface area contributed by atoms with Crippen molar-refractivity contribution < 1.29 is 0 Å². The van der Waals surface area contributed by atoms with E-state index >= 15 is 0 Å². The summed E-state index contributed by atoms with van der Waals surface area (Å²) in [4.78, 5) is 32.6. The summed E-state index contributed by atoms with van der Waals surface area (Å²) in [6.45, 7) is 0. The van der Waals surface area contributed by atoms with Gasteiger partial charge in [0.2, 0.25) is 5.95 Å². The lowest BCUT2D eigenvalue weighted by Crippen LogP contribution is -2.07. The van der Waals surface area contributed by atoms with Crippen LogP contribution >= 0.6 is 11.3 Å². The average molecular weight is 1460 g/mol. The fourth-order valence-electron chi connectivity index (χ4n) is 18.0. The molecule has 0 bridgehead atoms. The van der Waals surface area contributed by atoms with Gasteiger partial charge in [-0.25, -0.2) is 19.9 Å². The molecular weight excluding hydrogens is 1400 g/mol. The van der Waals surface area contributed by atoms with Crippen molar-refractivity contribution in [3.05, 3.63) is 364 Å². The van der Waals surface area contributed by atoms with Crippen LogP contribution in [0, 0.1) is 0 Å². The van der Waals surface area contributed by atoms with Gasteiger partial charge in [-0.2, -0.15) is 9.97 Å². The van der Waals surface area contributed by atoms with Crippen LogP contribution in [0.25, 0.3) is 231 Å². The predicted octanol–water partition coefficient (Wildman–Crippen LogP) is 26.3. The molecule has 10 nitrogen and oxygen atoms in total. The first-order chi connectivity index (χ1) is 56.0. The molecule has 0 saturated carbocycles. The van der Waals surface area contributed by atoms with Gasteiger partial charge in [0.15, 0.2) is 29.1 Å². The van der Waals surface area contributed by atoms with Crippen molar-refractivity contribution in [3.8, 4) is 91.1 Å². The molecule has 0 saturated heterocycles. The third-order valence-electron chi connectivity index (χ3n) is 23.0. The molecule has 0 spiro atoms. The third-order valence-corrected chi connectivity index (χ3v) is 24.2. The van der Waals surface area contributed by atoms with Gasteiger partial charge in [-0.1, -0.05) is 261 Å². The lowest BCUT2D eigenvalue weighted by Gasteiger charge is -2.14. The van der Waals surface area contributed by atoms with Gasteiger partial charge in [0, 0.05) is 108 Å². The highest BCUT2D eigenvalue weighted by atomic mass is 32.1. The van der Waals surface area contributed by atoms with Crippen LogP contribution in [0.15, 0.2) is 364 Å². The summed E-state index contributed by atoms with van der Waals surface area (Å²) >= 11 is 1.85. The molecule has 24 rings (SSSR count). The van der Waals surface area contributed by atoms with E-state index in [1.807, 2.05) is 47.7 Å². The number of rotatable bonds is 10. The number of para-hydroxylation sites is 4. The van der Waals surface area contributed by atoms with Gasteiger partial charge in [-0.15, -0.1) is 11.3 Å². The van der Waals surface area contributed by atoms with Gasteiger partial charge in [0.25, 0.3) is 0 Å². The Bertz CT molecular complexity index is 8060. The number of hydrogen-bond donors (Lipinski definition) is 0. The van der Waals surface area contributed by atoms with Gasteiger partial charge < -0.3 is 13.7 Å². The summed E-state index contributed by atoms with van der Waals surface area (Å²) in [6, 6.07) is 131. The van der Waals surface area contributed by atoms with Crippen molar-refractivity contribution in [2.45, 2.75) is 0 Å². The molecule has 0 aliphatic rings. The van der Waals surface area contributed by atoms with Crippen molar-refractivity contribution in [3.63, 3.8) is 0 Å². The number of benzene rings is 17. The second-order valence-electron chi connectivity index (χ2n) is 29.2. The van der Waals surface area contributed by atoms with Gasteiger partial charge in [0.1, 0.15) is 0 Å². The molecule has 0 fully saturated rings. The highest BCUT2D eigenvalue weighted by molar-refractivity contribution is 7.25. The van der Waals surface area contributed by atoms with E-state index in [1.165, 1.54) is 74.2 Å². The first kappa shape index (κ1) is 62.9. The van der Waals surface area contributed by atoms with Crippen LogP contribution in [-0.2, 0) is 0 Å². The largest absolute Gasteiger partial charge is 0.309 e. The standard InChI is InChI=1S/C102H60N10S/c1-4-23-62(24-5-1)97-103-98(105-99(104-97)65-47-50-68(51-48-65)109-86-38-18-15-34-77(86)83-59-84-78-35-16-19-39-87(78)110(91(84)60-90(83)109)69-52-56-93-85(58-69)79-36-17-21-42-92(79)113-93)64-45-43-61(44-46-64)70-37-22-41-89-94(70)81-55-54-80-76-33-14-20-40-88(76)111(67-27-8-3-9-28-67)95(80)96(81)112(89)102-107-100(63-25-6-2-7-26-63)106-101(108-102)66-49-53-75-73-31-11-10-29-71(73)72-30-12-13-32-74(72)82(75)57-66/h1-60H. The van der Waals surface area contributed by atoms with Crippen LogP contribution in [0.1, 0.15) is 0 Å². The Hall–Kier alpha value is -15.0.